The fraction of sp³-hybridized carbons (Fsp3) is 0.917. The summed E-state index contributed by atoms with van der Waals surface area (Å²) in [6.07, 6.45) is 5.03. The third-order valence-corrected chi connectivity index (χ3v) is 3.95. The molecule has 0 aromatic heterocycles. The summed E-state index contributed by atoms with van der Waals surface area (Å²) in [5.41, 5.74) is 5.82. The first-order valence-corrected chi connectivity index (χ1v) is 5.86. The minimum atomic E-state index is -0.226. The van der Waals surface area contributed by atoms with E-state index in [-0.39, 0.29) is 17.4 Å². The van der Waals surface area contributed by atoms with E-state index in [9.17, 15) is 4.79 Å². The number of carbonyl (C=O) groups excluding carboxylic acids is 1. The molecule has 1 aliphatic rings. The molecule has 0 aliphatic heterocycles. The average Bonchev–Trinajstić information content (AvgIpc) is 2.50. The van der Waals surface area contributed by atoms with Crippen LogP contribution in [0, 0.1) is 11.3 Å². The van der Waals surface area contributed by atoms with Crippen LogP contribution < -0.4 is 5.73 Å². The van der Waals surface area contributed by atoms with E-state index >= 15 is 0 Å². The van der Waals surface area contributed by atoms with Crippen LogP contribution >= 0.6 is 0 Å². The number of hydrogen-bond donors (Lipinski definition) is 1. The summed E-state index contributed by atoms with van der Waals surface area (Å²) < 4.78 is 0. The van der Waals surface area contributed by atoms with Gasteiger partial charge in [0.05, 0.1) is 0 Å². The molecule has 1 rings (SSSR count). The molecule has 2 N–H and O–H groups in total. The molecule has 2 heteroatoms. The van der Waals surface area contributed by atoms with Gasteiger partial charge in [-0.05, 0) is 25.7 Å². The third kappa shape index (κ3) is 1.85. The van der Waals surface area contributed by atoms with Gasteiger partial charge in [0.1, 0.15) is 5.78 Å². The van der Waals surface area contributed by atoms with Crippen molar-refractivity contribution in [2.45, 2.75) is 58.9 Å². The van der Waals surface area contributed by atoms with E-state index in [1.165, 1.54) is 0 Å². The monoisotopic (exact) mass is 197 g/mol. The van der Waals surface area contributed by atoms with Crippen LogP contribution in [0.4, 0.5) is 0 Å². The Labute approximate surface area is 87.2 Å². The van der Waals surface area contributed by atoms with Crippen molar-refractivity contribution in [3.8, 4) is 0 Å². The molecule has 82 valence electrons. The first-order valence-electron chi connectivity index (χ1n) is 5.86. The van der Waals surface area contributed by atoms with Crippen molar-refractivity contribution >= 4 is 5.78 Å². The van der Waals surface area contributed by atoms with Gasteiger partial charge in [-0.15, -0.1) is 0 Å². The molecule has 1 aliphatic carbocycles. The van der Waals surface area contributed by atoms with Gasteiger partial charge < -0.3 is 5.73 Å². The fourth-order valence-electron chi connectivity index (χ4n) is 2.62. The second-order valence-corrected chi connectivity index (χ2v) is 4.79. The third-order valence-electron chi connectivity index (χ3n) is 3.95. The first kappa shape index (κ1) is 11.7. The van der Waals surface area contributed by atoms with Crippen LogP contribution in [0.3, 0.4) is 0 Å². The van der Waals surface area contributed by atoms with Crippen LogP contribution in [0.15, 0.2) is 0 Å². The highest BCUT2D eigenvalue weighted by atomic mass is 16.1. The van der Waals surface area contributed by atoms with Crippen molar-refractivity contribution < 1.29 is 4.79 Å². The Kier molecular flexibility index (Phi) is 3.71. The van der Waals surface area contributed by atoms with Gasteiger partial charge in [0.15, 0.2) is 0 Å². The predicted octanol–water partition coefficient (Wildman–Crippen LogP) is 2.51. The smallest absolute Gasteiger partial charge is 0.143 e. The molecule has 1 fully saturated rings. The van der Waals surface area contributed by atoms with Crippen LogP contribution in [-0.4, -0.2) is 11.8 Å². The minimum absolute atomic E-state index is 0.0931. The van der Waals surface area contributed by atoms with Crippen LogP contribution in [0.5, 0.6) is 0 Å². The SMILES string of the molecule is CCC(CC)C(=O)C1(C)CCCC1N. The van der Waals surface area contributed by atoms with Gasteiger partial charge in [-0.1, -0.05) is 27.2 Å². The highest BCUT2D eigenvalue weighted by Gasteiger charge is 2.44. The summed E-state index contributed by atoms with van der Waals surface area (Å²) in [4.78, 5) is 12.3. The van der Waals surface area contributed by atoms with E-state index in [4.69, 9.17) is 5.73 Å². The summed E-state index contributed by atoms with van der Waals surface area (Å²) in [6, 6.07) is 0.0931. The van der Waals surface area contributed by atoms with Crippen molar-refractivity contribution in [3.05, 3.63) is 0 Å². The quantitative estimate of drug-likeness (QED) is 0.752. The lowest BCUT2D eigenvalue weighted by Gasteiger charge is -2.30. The Balaban J connectivity index is 2.76. The Hall–Kier alpha value is -0.370. The number of Topliss-reactive ketones (excluding diaryl/α,β-unsaturated/α-hetero) is 1. The molecule has 0 bridgehead atoms. The fourth-order valence-corrected chi connectivity index (χ4v) is 2.62. The van der Waals surface area contributed by atoms with Crippen LogP contribution in [0.2, 0.25) is 0 Å². The summed E-state index contributed by atoms with van der Waals surface area (Å²) in [7, 11) is 0. The van der Waals surface area contributed by atoms with Crippen molar-refractivity contribution in [2.24, 2.45) is 17.1 Å². The molecule has 0 spiro atoms. The van der Waals surface area contributed by atoms with Gasteiger partial charge >= 0.3 is 0 Å². The lowest BCUT2D eigenvalue weighted by atomic mass is 9.74. The number of nitrogens with two attached hydrogens (primary N) is 1. The summed E-state index contributed by atoms with van der Waals surface area (Å²) in [5, 5.41) is 0. The zero-order valence-electron chi connectivity index (χ0n) is 9.68. The van der Waals surface area contributed by atoms with Crippen LogP contribution in [0.1, 0.15) is 52.9 Å². The van der Waals surface area contributed by atoms with Crippen molar-refractivity contribution in [3.63, 3.8) is 0 Å². The minimum Gasteiger partial charge on any atom is -0.327 e. The van der Waals surface area contributed by atoms with Crippen molar-refractivity contribution in [1.29, 1.82) is 0 Å². The number of ketones is 1. The lowest BCUT2D eigenvalue weighted by Crippen LogP contribution is -2.43. The zero-order chi connectivity index (χ0) is 10.8. The molecule has 0 amide bonds. The number of rotatable bonds is 4. The van der Waals surface area contributed by atoms with E-state index in [2.05, 4.69) is 20.8 Å². The van der Waals surface area contributed by atoms with Crippen LogP contribution in [-0.2, 0) is 4.79 Å². The molecule has 2 atom stereocenters. The highest BCUT2D eigenvalue weighted by Crippen LogP contribution is 2.40. The maximum absolute atomic E-state index is 12.3. The second-order valence-electron chi connectivity index (χ2n) is 4.79. The Bertz CT molecular complexity index is 210. The maximum atomic E-state index is 12.3. The van der Waals surface area contributed by atoms with Gasteiger partial charge in [0, 0.05) is 17.4 Å². The molecular weight excluding hydrogens is 174 g/mol. The summed E-state index contributed by atoms with van der Waals surface area (Å²) >= 11 is 0. The van der Waals surface area contributed by atoms with Crippen molar-refractivity contribution in [2.75, 3.05) is 0 Å². The van der Waals surface area contributed by atoms with Crippen molar-refractivity contribution in [1.82, 2.24) is 0 Å². The zero-order valence-corrected chi connectivity index (χ0v) is 9.68. The highest BCUT2D eigenvalue weighted by molar-refractivity contribution is 5.87. The molecule has 0 radical (unpaired) electrons. The summed E-state index contributed by atoms with van der Waals surface area (Å²) in [5.74, 6) is 0.636. The Morgan fingerprint density at radius 3 is 2.43 bits per heavy atom. The largest absolute Gasteiger partial charge is 0.327 e. The summed E-state index contributed by atoms with van der Waals surface area (Å²) in [6.45, 7) is 6.25. The van der Waals surface area contributed by atoms with Gasteiger partial charge in [0.25, 0.3) is 0 Å². The molecule has 2 unspecified atom stereocenters. The Morgan fingerprint density at radius 1 is 1.50 bits per heavy atom. The van der Waals surface area contributed by atoms with Gasteiger partial charge in [0.2, 0.25) is 0 Å². The van der Waals surface area contributed by atoms with Gasteiger partial charge in [-0.3, -0.25) is 4.79 Å². The van der Waals surface area contributed by atoms with Crippen LogP contribution in [0.25, 0.3) is 0 Å². The van der Waals surface area contributed by atoms with E-state index < -0.39 is 0 Å². The molecule has 0 aromatic rings. The molecule has 14 heavy (non-hydrogen) atoms. The Morgan fingerprint density at radius 2 is 2.07 bits per heavy atom. The molecular formula is C12H23NO. The normalized spacial score (nSPS) is 32.5. The molecule has 0 heterocycles. The van der Waals surface area contributed by atoms with Gasteiger partial charge in [-0.2, -0.15) is 0 Å². The lowest BCUT2D eigenvalue weighted by molar-refractivity contribution is -0.132. The van der Waals surface area contributed by atoms with E-state index in [0.717, 1.165) is 32.1 Å². The number of carbonyl (C=O) groups is 1. The molecule has 1 saturated carbocycles. The van der Waals surface area contributed by atoms with Gasteiger partial charge in [-0.25, -0.2) is 0 Å². The second kappa shape index (κ2) is 4.43. The van der Waals surface area contributed by atoms with E-state index in [0.29, 0.717) is 5.78 Å². The van der Waals surface area contributed by atoms with E-state index in [1.807, 2.05) is 0 Å². The molecule has 0 aromatic carbocycles. The topological polar surface area (TPSA) is 43.1 Å². The maximum Gasteiger partial charge on any atom is 0.143 e. The molecule has 2 nitrogen and oxygen atoms in total. The number of hydrogen-bond acceptors (Lipinski definition) is 2. The van der Waals surface area contributed by atoms with E-state index in [1.54, 1.807) is 0 Å². The predicted molar refractivity (Wildman–Crippen MR) is 59.0 cm³/mol. The average molecular weight is 197 g/mol. The molecule has 0 saturated heterocycles. The first-order chi connectivity index (χ1) is 6.56. The standard InChI is InChI=1S/C12H23NO/c1-4-9(5-2)11(14)12(3)8-6-7-10(12)13/h9-10H,4-8,13H2,1-3H3.